The first-order valence-corrected chi connectivity index (χ1v) is 8.82. The van der Waals surface area contributed by atoms with E-state index >= 15 is 0 Å². The Hall–Kier alpha value is -2.14. The number of hydrogen-bond donors (Lipinski definition) is 2. The van der Waals surface area contributed by atoms with Gasteiger partial charge in [-0.25, -0.2) is 17.9 Å². The summed E-state index contributed by atoms with van der Waals surface area (Å²) in [5.41, 5.74) is -0.745. The normalized spacial score (nSPS) is 12.5. The van der Waals surface area contributed by atoms with E-state index in [1.54, 1.807) is 20.8 Å². The van der Waals surface area contributed by atoms with E-state index in [0.717, 1.165) is 12.1 Å². The molecule has 146 valence electrons. The summed E-state index contributed by atoms with van der Waals surface area (Å²) >= 11 is 0. The predicted octanol–water partition coefficient (Wildman–Crippen LogP) is 1.60. The molecule has 0 aromatic heterocycles. The van der Waals surface area contributed by atoms with Crippen molar-refractivity contribution in [2.75, 3.05) is 13.2 Å². The standard InChI is InChI=1S/C15H19F3N2O5S/c1-14(2,3)20-12(21)8-25-13(22)10-5-4-6-11(7-10)26(23,24)19-9-15(16,17)18/h4-7,19H,8-9H2,1-3H3,(H,20,21). The van der Waals surface area contributed by atoms with Crippen molar-refractivity contribution in [2.45, 2.75) is 37.4 Å². The lowest BCUT2D eigenvalue weighted by Crippen LogP contribution is -2.42. The van der Waals surface area contributed by atoms with Gasteiger partial charge in [0.15, 0.2) is 6.61 Å². The van der Waals surface area contributed by atoms with Crippen LogP contribution < -0.4 is 10.0 Å². The van der Waals surface area contributed by atoms with Crippen LogP contribution in [0.5, 0.6) is 0 Å². The molecule has 0 atom stereocenters. The largest absolute Gasteiger partial charge is 0.452 e. The highest BCUT2D eigenvalue weighted by Crippen LogP contribution is 2.16. The van der Waals surface area contributed by atoms with Gasteiger partial charge >= 0.3 is 12.1 Å². The zero-order valence-electron chi connectivity index (χ0n) is 14.3. The molecule has 2 N–H and O–H groups in total. The zero-order valence-corrected chi connectivity index (χ0v) is 15.1. The molecule has 26 heavy (non-hydrogen) atoms. The molecule has 0 aliphatic carbocycles. The van der Waals surface area contributed by atoms with Crippen LogP contribution in [0.4, 0.5) is 13.2 Å². The van der Waals surface area contributed by atoms with Gasteiger partial charge in [0.2, 0.25) is 10.0 Å². The van der Waals surface area contributed by atoms with E-state index in [-0.39, 0.29) is 5.56 Å². The lowest BCUT2D eigenvalue weighted by atomic mass is 10.1. The first-order valence-electron chi connectivity index (χ1n) is 7.34. The van der Waals surface area contributed by atoms with E-state index in [0.29, 0.717) is 0 Å². The Balaban J connectivity index is 2.79. The average molecular weight is 396 g/mol. The van der Waals surface area contributed by atoms with Crippen molar-refractivity contribution in [1.29, 1.82) is 0 Å². The maximum absolute atomic E-state index is 12.2. The van der Waals surface area contributed by atoms with Gasteiger partial charge in [0.25, 0.3) is 5.91 Å². The van der Waals surface area contributed by atoms with Crippen molar-refractivity contribution in [2.24, 2.45) is 0 Å². The van der Waals surface area contributed by atoms with Crippen LogP contribution in [0.2, 0.25) is 0 Å². The fourth-order valence-corrected chi connectivity index (χ4v) is 2.78. The van der Waals surface area contributed by atoms with Crippen molar-refractivity contribution in [3.63, 3.8) is 0 Å². The Morgan fingerprint density at radius 3 is 2.31 bits per heavy atom. The summed E-state index contributed by atoms with van der Waals surface area (Å²) in [6, 6.07) is 4.28. The molecule has 0 saturated carbocycles. The second-order valence-electron chi connectivity index (χ2n) is 6.34. The predicted molar refractivity (Wildman–Crippen MR) is 85.9 cm³/mol. The van der Waals surface area contributed by atoms with Crippen LogP contribution in [-0.4, -0.2) is 45.2 Å². The molecule has 0 heterocycles. The summed E-state index contributed by atoms with van der Waals surface area (Å²) in [5, 5.41) is 2.56. The van der Waals surface area contributed by atoms with Gasteiger partial charge in [-0.15, -0.1) is 0 Å². The van der Waals surface area contributed by atoms with Crippen LogP contribution in [-0.2, 0) is 19.6 Å². The SMILES string of the molecule is CC(C)(C)NC(=O)COC(=O)c1cccc(S(=O)(=O)NCC(F)(F)F)c1. The third-order valence-electron chi connectivity index (χ3n) is 2.69. The van der Waals surface area contributed by atoms with Gasteiger partial charge in [0, 0.05) is 5.54 Å². The Morgan fingerprint density at radius 1 is 1.15 bits per heavy atom. The first kappa shape index (κ1) is 21.9. The molecule has 0 unspecified atom stereocenters. The molecule has 0 aliphatic heterocycles. The van der Waals surface area contributed by atoms with Gasteiger partial charge in [0.05, 0.1) is 10.5 Å². The summed E-state index contributed by atoms with van der Waals surface area (Å²) in [6.45, 7) is 2.87. The number of sulfonamides is 1. The van der Waals surface area contributed by atoms with Crippen LogP contribution in [0.1, 0.15) is 31.1 Å². The number of ether oxygens (including phenoxy) is 1. The molecule has 1 amide bonds. The highest BCUT2D eigenvalue weighted by atomic mass is 32.2. The topological polar surface area (TPSA) is 102 Å². The van der Waals surface area contributed by atoms with Crippen LogP contribution in [0.3, 0.4) is 0 Å². The minimum Gasteiger partial charge on any atom is -0.452 e. The van der Waals surface area contributed by atoms with Crippen LogP contribution >= 0.6 is 0 Å². The van der Waals surface area contributed by atoms with Crippen molar-refractivity contribution >= 4 is 21.9 Å². The van der Waals surface area contributed by atoms with E-state index in [9.17, 15) is 31.2 Å². The summed E-state index contributed by atoms with van der Waals surface area (Å²) < 4.78 is 66.3. The minimum absolute atomic E-state index is 0.219. The molecule has 0 aliphatic rings. The monoisotopic (exact) mass is 396 g/mol. The third kappa shape index (κ3) is 7.83. The van der Waals surface area contributed by atoms with E-state index in [1.165, 1.54) is 16.9 Å². The Labute approximate surface area is 149 Å². The number of amides is 1. The van der Waals surface area contributed by atoms with Crippen LogP contribution in [0.15, 0.2) is 29.2 Å². The van der Waals surface area contributed by atoms with Crippen molar-refractivity contribution < 1.29 is 35.9 Å². The average Bonchev–Trinajstić information content (AvgIpc) is 2.48. The molecule has 0 spiro atoms. The number of halogens is 3. The molecule has 0 radical (unpaired) electrons. The van der Waals surface area contributed by atoms with Gasteiger partial charge in [-0.1, -0.05) is 6.07 Å². The quantitative estimate of drug-likeness (QED) is 0.712. The van der Waals surface area contributed by atoms with E-state index in [2.05, 4.69) is 5.32 Å². The smallest absolute Gasteiger partial charge is 0.402 e. The van der Waals surface area contributed by atoms with Crippen LogP contribution in [0.25, 0.3) is 0 Å². The zero-order chi connectivity index (χ0) is 20.2. The number of hydrogen-bond acceptors (Lipinski definition) is 5. The molecular weight excluding hydrogens is 377 g/mol. The first-order chi connectivity index (χ1) is 11.7. The van der Waals surface area contributed by atoms with Gasteiger partial charge in [-0.05, 0) is 39.0 Å². The Bertz CT molecular complexity index is 770. The number of esters is 1. The van der Waals surface area contributed by atoms with Crippen molar-refractivity contribution in [1.82, 2.24) is 10.0 Å². The molecule has 1 rings (SSSR count). The van der Waals surface area contributed by atoms with E-state index in [1.807, 2.05) is 0 Å². The van der Waals surface area contributed by atoms with E-state index < -0.39 is 51.7 Å². The molecule has 0 fully saturated rings. The van der Waals surface area contributed by atoms with E-state index in [4.69, 9.17) is 4.74 Å². The number of carbonyl (C=O) groups excluding carboxylic acids is 2. The highest BCUT2D eigenvalue weighted by Gasteiger charge is 2.30. The lowest BCUT2D eigenvalue weighted by Gasteiger charge is -2.20. The fraction of sp³-hybridized carbons (Fsp3) is 0.467. The second-order valence-corrected chi connectivity index (χ2v) is 8.11. The van der Waals surface area contributed by atoms with Gasteiger partial charge in [0.1, 0.15) is 6.54 Å². The number of carbonyl (C=O) groups is 2. The maximum Gasteiger partial charge on any atom is 0.402 e. The maximum atomic E-state index is 12.2. The molecule has 7 nitrogen and oxygen atoms in total. The lowest BCUT2D eigenvalue weighted by molar-refractivity contribution is -0.125. The Kier molecular flexibility index (Phi) is 6.77. The van der Waals surface area contributed by atoms with Crippen LogP contribution in [0, 0.1) is 0 Å². The summed E-state index contributed by atoms with van der Waals surface area (Å²) in [6.07, 6.45) is -4.72. The number of nitrogens with one attached hydrogen (secondary N) is 2. The third-order valence-corrected chi connectivity index (χ3v) is 4.09. The molecule has 0 saturated heterocycles. The number of rotatable bonds is 6. The minimum atomic E-state index is -4.72. The molecule has 1 aromatic carbocycles. The van der Waals surface area contributed by atoms with Gasteiger partial charge < -0.3 is 10.1 Å². The molecule has 0 bridgehead atoms. The summed E-state index contributed by atoms with van der Waals surface area (Å²) in [4.78, 5) is 23.0. The van der Waals surface area contributed by atoms with Gasteiger partial charge in [-0.3, -0.25) is 4.79 Å². The van der Waals surface area contributed by atoms with Crippen molar-refractivity contribution in [3.05, 3.63) is 29.8 Å². The number of alkyl halides is 3. The molecule has 1 aromatic rings. The fourth-order valence-electron chi connectivity index (χ4n) is 1.72. The highest BCUT2D eigenvalue weighted by molar-refractivity contribution is 7.89. The molecule has 11 heteroatoms. The van der Waals surface area contributed by atoms with Gasteiger partial charge in [-0.2, -0.15) is 13.2 Å². The van der Waals surface area contributed by atoms with Crippen molar-refractivity contribution in [3.8, 4) is 0 Å². The summed E-state index contributed by atoms with van der Waals surface area (Å²) in [5.74, 6) is -1.54. The molecular formula is C15H19F3N2O5S. The Morgan fingerprint density at radius 2 is 1.77 bits per heavy atom. The number of benzene rings is 1. The second kappa shape index (κ2) is 8.04. The summed E-state index contributed by atoms with van der Waals surface area (Å²) in [7, 11) is -4.46.